The van der Waals surface area contributed by atoms with Crippen molar-refractivity contribution in [2.75, 3.05) is 6.61 Å². The van der Waals surface area contributed by atoms with Crippen molar-refractivity contribution in [1.29, 1.82) is 0 Å². The van der Waals surface area contributed by atoms with Crippen LogP contribution >= 0.6 is 11.6 Å². The molecule has 0 aliphatic carbocycles. The molecule has 1 aliphatic rings. The molecule has 0 saturated carbocycles. The molecular weight excluding hydrogens is 310 g/mol. The van der Waals surface area contributed by atoms with E-state index in [1.54, 1.807) is 6.20 Å². The molecule has 3 N–H and O–H groups in total. The van der Waals surface area contributed by atoms with Crippen LogP contribution in [0.2, 0.25) is 5.15 Å². The summed E-state index contributed by atoms with van der Waals surface area (Å²) in [7, 11) is 0. The normalized spacial score (nSPS) is 31.5. The summed E-state index contributed by atoms with van der Waals surface area (Å²) in [5.41, 5.74) is -0.811. The molecule has 0 spiro atoms. The Morgan fingerprint density at radius 3 is 2.86 bits per heavy atom. The molecule has 0 amide bonds. The van der Waals surface area contributed by atoms with Crippen LogP contribution in [0.4, 0.5) is 0 Å². The van der Waals surface area contributed by atoms with Crippen LogP contribution in [-0.2, 0) is 4.74 Å². The molecule has 22 heavy (non-hydrogen) atoms. The molecule has 8 heteroatoms. The van der Waals surface area contributed by atoms with Crippen molar-refractivity contribution in [3.8, 4) is 12.3 Å². The van der Waals surface area contributed by atoms with Crippen molar-refractivity contribution in [2.24, 2.45) is 0 Å². The van der Waals surface area contributed by atoms with Crippen molar-refractivity contribution in [1.82, 2.24) is 14.5 Å². The smallest absolute Gasteiger partial charge is 0.167 e. The molecule has 0 radical (unpaired) electrons. The molecule has 7 nitrogen and oxygen atoms in total. The van der Waals surface area contributed by atoms with E-state index >= 15 is 0 Å². The summed E-state index contributed by atoms with van der Waals surface area (Å²) < 4.78 is 7.07. The lowest BCUT2D eigenvalue weighted by Crippen LogP contribution is -2.44. The number of halogens is 1. The number of rotatable bonds is 2. The Bertz CT molecular complexity index is 767. The molecule has 3 heterocycles. The minimum Gasteiger partial charge on any atom is -0.394 e. The van der Waals surface area contributed by atoms with Crippen LogP contribution in [0.15, 0.2) is 12.5 Å². The zero-order valence-electron chi connectivity index (χ0n) is 11.6. The molecule has 0 unspecified atom stereocenters. The predicted octanol–water partition coefficient (Wildman–Crippen LogP) is 0.0676. The molecular formula is C14H14ClN3O4. The maximum Gasteiger partial charge on any atom is 0.167 e. The summed E-state index contributed by atoms with van der Waals surface area (Å²) in [5, 5.41) is 30.6. The van der Waals surface area contributed by atoms with Gasteiger partial charge in [0.1, 0.15) is 34.9 Å². The van der Waals surface area contributed by atoms with Gasteiger partial charge in [0.25, 0.3) is 0 Å². The van der Waals surface area contributed by atoms with E-state index in [-0.39, 0.29) is 5.15 Å². The van der Waals surface area contributed by atoms with Crippen LogP contribution in [0.25, 0.3) is 11.0 Å². The van der Waals surface area contributed by atoms with E-state index in [2.05, 4.69) is 15.9 Å². The SMILES string of the molecule is C#Cc1cn([C@@H]2O[C@H](CO)[C@@H](O)[C@@]2(C)O)c2ncnc(Cl)c12. The number of aromatic nitrogens is 3. The van der Waals surface area contributed by atoms with Crippen LogP contribution in [0.1, 0.15) is 18.7 Å². The quantitative estimate of drug-likeness (QED) is 0.534. The predicted molar refractivity (Wildman–Crippen MR) is 78.1 cm³/mol. The fraction of sp³-hybridized carbons (Fsp3) is 0.429. The molecule has 1 fully saturated rings. The average molecular weight is 324 g/mol. The highest BCUT2D eigenvalue weighted by Gasteiger charge is 2.53. The average Bonchev–Trinajstić information content (AvgIpc) is 2.97. The lowest BCUT2D eigenvalue weighted by molar-refractivity contribution is -0.0948. The van der Waals surface area contributed by atoms with E-state index < -0.39 is 30.6 Å². The van der Waals surface area contributed by atoms with Crippen LogP contribution < -0.4 is 0 Å². The zero-order valence-corrected chi connectivity index (χ0v) is 12.4. The first-order valence-corrected chi connectivity index (χ1v) is 6.94. The Hall–Kier alpha value is -1.69. The van der Waals surface area contributed by atoms with Gasteiger partial charge in [-0.3, -0.25) is 0 Å². The summed E-state index contributed by atoms with van der Waals surface area (Å²) >= 11 is 6.06. The van der Waals surface area contributed by atoms with Gasteiger partial charge in [-0.2, -0.15) is 0 Å². The summed E-state index contributed by atoms with van der Waals surface area (Å²) in [6.07, 6.45) is 5.15. The zero-order chi connectivity index (χ0) is 16.1. The third-order valence-electron chi connectivity index (χ3n) is 3.91. The number of hydrogen-bond donors (Lipinski definition) is 3. The number of hydrogen-bond acceptors (Lipinski definition) is 6. The molecule has 1 saturated heterocycles. The second kappa shape index (κ2) is 5.19. The van der Waals surface area contributed by atoms with Crippen LogP contribution in [0.5, 0.6) is 0 Å². The fourth-order valence-corrected chi connectivity index (χ4v) is 2.96. The van der Waals surface area contributed by atoms with Crippen molar-refractivity contribution in [3.05, 3.63) is 23.2 Å². The summed E-state index contributed by atoms with van der Waals surface area (Å²) in [6, 6.07) is 0. The summed E-state index contributed by atoms with van der Waals surface area (Å²) in [5.74, 6) is 2.48. The van der Waals surface area contributed by atoms with Gasteiger partial charge in [-0.15, -0.1) is 6.42 Å². The van der Waals surface area contributed by atoms with Gasteiger partial charge >= 0.3 is 0 Å². The number of aliphatic hydroxyl groups is 3. The molecule has 116 valence electrons. The Morgan fingerprint density at radius 2 is 2.27 bits per heavy atom. The van der Waals surface area contributed by atoms with Crippen molar-refractivity contribution < 1.29 is 20.1 Å². The van der Waals surface area contributed by atoms with Gasteiger partial charge in [0.2, 0.25) is 0 Å². The highest BCUT2D eigenvalue weighted by Crippen LogP contribution is 2.40. The van der Waals surface area contributed by atoms with E-state index in [0.717, 1.165) is 0 Å². The molecule has 2 aromatic rings. The first-order valence-electron chi connectivity index (χ1n) is 6.56. The van der Waals surface area contributed by atoms with E-state index in [9.17, 15) is 15.3 Å². The minimum atomic E-state index is -1.64. The van der Waals surface area contributed by atoms with Gasteiger partial charge in [-0.05, 0) is 6.92 Å². The maximum absolute atomic E-state index is 10.6. The number of fused-ring (bicyclic) bond motifs is 1. The van der Waals surface area contributed by atoms with E-state index in [0.29, 0.717) is 16.6 Å². The van der Waals surface area contributed by atoms with Crippen molar-refractivity contribution >= 4 is 22.6 Å². The van der Waals surface area contributed by atoms with Crippen LogP contribution in [0, 0.1) is 12.3 Å². The number of aliphatic hydroxyl groups excluding tert-OH is 2. The van der Waals surface area contributed by atoms with Gasteiger partial charge in [-0.25, -0.2) is 9.97 Å². The van der Waals surface area contributed by atoms with E-state index in [1.165, 1.54) is 17.8 Å². The van der Waals surface area contributed by atoms with Crippen LogP contribution in [0.3, 0.4) is 0 Å². The Morgan fingerprint density at radius 1 is 1.55 bits per heavy atom. The Balaban J connectivity index is 2.20. The minimum absolute atomic E-state index is 0.189. The molecule has 3 rings (SSSR count). The molecule has 1 aliphatic heterocycles. The third-order valence-corrected chi connectivity index (χ3v) is 4.19. The molecule has 0 aromatic carbocycles. The van der Waals surface area contributed by atoms with Gasteiger partial charge in [0, 0.05) is 6.20 Å². The van der Waals surface area contributed by atoms with Crippen molar-refractivity contribution in [3.63, 3.8) is 0 Å². The Labute approximate surface area is 131 Å². The van der Waals surface area contributed by atoms with Gasteiger partial charge < -0.3 is 24.6 Å². The topological polar surface area (TPSA) is 101 Å². The van der Waals surface area contributed by atoms with Gasteiger partial charge in [0.15, 0.2) is 6.23 Å². The fourth-order valence-electron chi connectivity index (χ4n) is 2.73. The summed E-state index contributed by atoms with van der Waals surface area (Å²) in [4.78, 5) is 8.02. The first-order chi connectivity index (χ1) is 10.4. The number of nitrogens with zero attached hydrogens (tertiary/aromatic N) is 3. The molecule has 2 aromatic heterocycles. The monoisotopic (exact) mass is 323 g/mol. The van der Waals surface area contributed by atoms with Gasteiger partial charge in [0.05, 0.1) is 17.6 Å². The van der Waals surface area contributed by atoms with E-state index in [1.807, 2.05) is 0 Å². The standard InChI is InChI=1S/C14H14ClN3O4/c1-3-7-4-18(12-9(7)11(15)16-6-17-12)13-14(2,21)10(20)8(5-19)22-13/h1,4,6,8,10,13,19-21H,5H2,2H3/t8-,10-,13-,14-/m1/s1. The maximum atomic E-state index is 10.6. The van der Waals surface area contributed by atoms with E-state index in [4.69, 9.17) is 22.8 Å². The third kappa shape index (κ3) is 2.00. The van der Waals surface area contributed by atoms with Gasteiger partial charge in [-0.1, -0.05) is 17.5 Å². The first kappa shape index (κ1) is 15.2. The molecule has 4 atom stereocenters. The lowest BCUT2D eigenvalue weighted by Gasteiger charge is -2.27. The Kier molecular flexibility index (Phi) is 3.59. The van der Waals surface area contributed by atoms with Crippen LogP contribution in [-0.4, -0.2) is 54.3 Å². The highest BCUT2D eigenvalue weighted by molar-refractivity contribution is 6.34. The number of ether oxygens (including phenoxy) is 1. The summed E-state index contributed by atoms with van der Waals surface area (Å²) in [6.45, 7) is 0.993. The highest BCUT2D eigenvalue weighted by atomic mass is 35.5. The molecule has 0 bridgehead atoms. The lowest BCUT2D eigenvalue weighted by atomic mass is 9.96. The largest absolute Gasteiger partial charge is 0.394 e. The number of terminal acetylenes is 1. The second-order valence-corrected chi connectivity index (χ2v) is 5.70. The second-order valence-electron chi connectivity index (χ2n) is 5.34. The van der Waals surface area contributed by atoms with Crippen molar-refractivity contribution in [2.45, 2.75) is 31.0 Å².